The average molecular weight is 485 g/mol. The maximum Gasteiger partial charge on any atom is 0.271 e. The number of fused-ring (bicyclic) bond motifs is 3. The van der Waals surface area contributed by atoms with Crippen molar-refractivity contribution in [1.29, 1.82) is 0 Å². The van der Waals surface area contributed by atoms with Crippen LogP contribution in [0.4, 0.5) is 5.69 Å². The summed E-state index contributed by atoms with van der Waals surface area (Å²) in [6.45, 7) is 2.83. The Bertz CT molecular complexity index is 1280. The van der Waals surface area contributed by atoms with Crippen molar-refractivity contribution in [3.63, 3.8) is 0 Å². The number of nitrogens with zero attached hydrogens (tertiary/aromatic N) is 3. The summed E-state index contributed by atoms with van der Waals surface area (Å²) in [6.07, 6.45) is 1.86. The van der Waals surface area contributed by atoms with Gasteiger partial charge in [0.1, 0.15) is 5.70 Å². The fourth-order valence-corrected chi connectivity index (χ4v) is 5.44. The van der Waals surface area contributed by atoms with Crippen LogP contribution in [0.3, 0.4) is 0 Å². The molecule has 7 heteroatoms. The van der Waals surface area contributed by atoms with Crippen LogP contribution in [-0.2, 0) is 9.59 Å². The molecule has 0 bridgehead atoms. The summed E-state index contributed by atoms with van der Waals surface area (Å²) < 4.78 is 0. The number of carbonyl (C=O) groups excluding carboxylic acids is 2. The highest BCUT2D eigenvalue weighted by Gasteiger charge is 2.36. The van der Waals surface area contributed by atoms with E-state index in [-0.39, 0.29) is 24.3 Å². The summed E-state index contributed by atoms with van der Waals surface area (Å²) in [7, 11) is 0. The Balaban J connectivity index is 1.16. The van der Waals surface area contributed by atoms with E-state index in [4.69, 9.17) is 11.6 Å². The first-order valence-electron chi connectivity index (χ1n) is 11.9. The fourth-order valence-electron chi connectivity index (χ4n) is 5.32. The molecule has 0 atom stereocenters. The minimum Gasteiger partial charge on any atom is -0.335 e. The normalized spacial score (nSPS) is 18.1. The van der Waals surface area contributed by atoms with E-state index in [1.165, 1.54) is 27.3 Å². The zero-order valence-electron chi connectivity index (χ0n) is 19.2. The van der Waals surface area contributed by atoms with Crippen molar-refractivity contribution in [3.05, 3.63) is 101 Å². The van der Waals surface area contributed by atoms with Crippen molar-refractivity contribution in [1.82, 2.24) is 15.2 Å². The molecule has 6 nitrogen and oxygen atoms in total. The molecule has 1 aliphatic carbocycles. The van der Waals surface area contributed by atoms with Crippen LogP contribution in [0.5, 0.6) is 0 Å². The molecule has 2 heterocycles. The molecule has 3 aromatic carbocycles. The lowest BCUT2D eigenvalue weighted by Gasteiger charge is -2.39. The Morgan fingerprint density at radius 1 is 0.829 bits per heavy atom. The van der Waals surface area contributed by atoms with Crippen molar-refractivity contribution < 1.29 is 9.59 Å². The number of amides is 2. The Labute approximate surface area is 209 Å². The highest BCUT2D eigenvalue weighted by atomic mass is 35.5. The summed E-state index contributed by atoms with van der Waals surface area (Å²) >= 11 is 5.98. The van der Waals surface area contributed by atoms with E-state index < -0.39 is 0 Å². The number of hydrogen-bond acceptors (Lipinski definition) is 4. The van der Waals surface area contributed by atoms with Crippen LogP contribution in [-0.4, -0.2) is 47.8 Å². The molecule has 2 aliphatic heterocycles. The van der Waals surface area contributed by atoms with Gasteiger partial charge in [0.05, 0.1) is 11.7 Å². The number of hydrazine groups is 1. The van der Waals surface area contributed by atoms with Gasteiger partial charge in [0.15, 0.2) is 0 Å². The van der Waals surface area contributed by atoms with Crippen molar-refractivity contribution in [3.8, 4) is 11.1 Å². The van der Waals surface area contributed by atoms with Crippen LogP contribution < -0.4 is 10.4 Å². The van der Waals surface area contributed by atoms with Crippen LogP contribution in [0.15, 0.2) is 84.6 Å². The number of benzene rings is 3. The minimum atomic E-state index is -0.118. The molecule has 2 amide bonds. The van der Waals surface area contributed by atoms with Crippen LogP contribution in [0, 0.1) is 0 Å². The predicted octanol–water partition coefficient (Wildman–Crippen LogP) is 4.38. The van der Waals surface area contributed by atoms with Gasteiger partial charge in [-0.05, 0) is 52.6 Å². The maximum absolute atomic E-state index is 13.3. The number of halogens is 1. The Morgan fingerprint density at radius 3 is 2.06 bits per heavy atom. The van der Waals surface area contributed by atoms with E-state index in [9.17, 15) is 9.59 Å². The van der Waals surface area contributed by atoms with E-state index in [1.54, 1.807) is 30.3 Å². The van der Waals surface area contributed by atoms with Gasteiger partial charge in [0.25, 0.3) is 5.91 Å². The van der Waals surface area contributed by atoms with E-state index in [1.807, 2.05) is 4.90 Å². The van der Waals surface area contributed by atoms with Gasteiger partial charge in [0, 0.05) is 37.6 Å². The van der Waals surface area contributed by atoms with E-state index >= 15 is 0 Å². The fraction of sp³-hybridized carbons (Fsp3) is 0.214. The monoisotopic (exact) mass is 484 g/mol. The van der Waals surface area contributed by atoms with Crippen LogP contribution in [0.25, 0.3) is 11.1 Å². The van der Waals surface area contributed by atoms with Crippen molar-refractivity contribution in [2.45, 2.75) is 12.5 Å². The standard InChI is InChI=1S/C28H25ClN4O2/c29-19-9-11-20(12-10-19)33-26(34)14-13-25(30-33)28(35)32-17-15-31(16-18-32)27-23-7-3-1-5-21(23)22-6-2-4-8-24(22)27/h1-13,27,30H,14-18H2. The lowest BCUT2D eigenvalue weighted by molar-refractivity contribution is -0.129. The van der Waals surface area contributed by atoms with Crippen molar-refractivity contribution in [2.24, 2.45) is 0 Å². The summed E-state index contributed by atoms with van der Waals surface area (Å²) in [5.74, 6) is -0.199. The summed E-state index contributed by atoms with van der Waals surface area (Å²) in [5.41, 5.74) is 9.39. The summed E-state index contributed by atoms with van der Waals surface area (Å²) in [6, 6.07) is 24.4. The number of hydrogen-bond donors (Lipinski definition) is 1. The average Bonchev–Trinajstić information content (AvgIpc) is 3.24. The van der Waals surface area contributed by atoms with Gasteiger partial charge in [-0.15, -0.1) is 0 Å². The van der Waals surface area contributed by atoms with Gasteiger partial charge in [0.2, 0.25) is 5.91 Å². The van der Waals surface area contributed by atoms with Gasteiger partial charge >= 0.3 is 0 Å². The summed E-state index contributed by atoms with van der Waals surface area (Å²) in [4.78, 5) is 30.1. The largest absolute Gasteiger partial charge is 0.335 e. The Hall–Kier alpha value is -3.61. The third kappa shape index (κ3) is 3.89. The molecule has 35 heavy (non-hydrogen) atoms. The number of nitrogens with one attached hydrogen (secondary N) is 1. The van der Waals surface area contributed by atoms with Crippen LogP contribution in [0.1, 0.15) is 23.6 Å². The number of carbonyl (C=O) groups is 2. The first-order valence-corrected chi connectivity index (χ1v) is 12.2. The van der Waals surface area contributed by atoms with Gasteiger partial charge in [-0.25, -0.2) is 5.01 Å². The molecule has 0 unspecified atom stereocenters. The number of rotatable bonds is 3. The second-order valence-electron chi connectivity index (χ2n) is 9.04. The molecular formula is C28H25ClN4O2. The van der Waals surface area contributed by atoms with Crippen molar-refractivity contribution in [2.75, 3.05) is 31.2 Å². The molecule has 0 aromatic heterocycles. The summed E-state index contributed by atoms with van der Waals surface area (Å²) in [5, 5.41) is 2.02. The van der Waals surface area contributed by atoms with Crippen LogP contribution >= 0.6 is 11.6 Å². The van der Waals surface area contributed by atoms with E-state index in [0.29, 0.717) is 29.5 Å². The van der Waals surface area contributed by atoms with Gasteiger partial charge in [-0.1, -0.05) is 60.1 Å². The lowest BCUT2D eigenvalue weighted by atomic mass is 10.0. The van der Waals surface area contributed by atoms with Gasteiger partial charge in [-0.3, -0.25) is 19.9 Å². The Morgan fingerprint density at radius 2 is 1.43 bits per heavy atom. The lowest BCUT2D eigenvalue weighted by Crippen LogP contribution is -2.54. The third-order valence-electron chi connectivity index (χ3n) is 7.05. The zero-order chi connectivity index (χ0) is 23.9. The van der Waals surface area contributed by atoms with Gasteiger partial charge in [-0.2, -0.15) is 0 Å². The zero-order valence-corrected chi connectivity index (χ0v) is 19.9. The quantitative estimate of drug-likeness (QED) is 0.599. The first kappa shape index (κ1) is 21.9. The molecule has 1 N–H and O–H groups in total. The van der Waals surface area contributed by atoms with E-state index in [2.05, 4.69) is 58.9 Å². The highest BCUT2D eigenvalue weighted by molar-refractivity contribution is 6.30. The van der Waals surface area contributed by atoms with Gasteiger partial charge < -0.3 is 4.90 Å². The Kier molecular flexibility index (Phi) is 5.55. The molecule has 176 valence electrons. The maximum atomic E-state index is 13.3. The molecular weight excluding hydrogens is 460 g/mol. The second kappa shape index (κ2) is 8.87. The number of anilines is 1. The topological polar surface area (TPSA) is 55.9 Å². The molecule has 0 spiro atoms. The van der Waals surface area contributed by atoms with Crippen molar-refractivity contribution >= 4 is 29.1 Å². The smallest absolute Gasteiger partial charge is 0.271 e. The molecule has 6 rings (SSSR count). The highest BCUT2D eigenvalue weighted by Crippen LogP contribution is 2.46. The molecule has 1 fully saturated rings. The molecule has 0 radical (unpaired) electrons. The SMILES string of the molecule is O=C(C1=CCC(=O)N(c2ccc(Cl)cc2)N1)N1CCN(C2c3ccccc3-c3ccccc32)CC1. The van der Waals surface area contributed by atoms with Crippen LogP contribution in [0.2, 0.25) is 5.02 Å². The predicted molar refractivity (Wildman–Crippen MR) is 137 cm³/mol. The molecule has 3 aromatic rings. The first-order chi connectivity index (χ1) is 17.1. The number of piperazine rings is 1. The third-order valence-corrected chi connectivity index (χ3v) is 7.30. The van der Waals surface area contributed by atoms with E-state index in [0.717, 1.165) is 13.1 Å². The second-order valence-corrected chi connectivity index (χ2v) is 9.48. The molecule has 1 saturated heterocycles. The minimum absolute atomic E-state index is 0.0802. The molecule has 0 saturated carbocycles. The molecule has 3 aliphatic rings.